The first kappa shape index (κ1) is 20.5. The fraction of sp³-hybridized carbons (Fsp3) is 0.320. The van der Waals surface area contributed by atoms with Crippen molar-refractivity contribution in [2.75, 3.05) is 23.7 Å². The molecule has 2 aromatic heterocycles. The van der Waals surface area contributed by atoms with E-state index in [1.807, 2.05) is 35.2 Å². The van der Waals surface area contributed by atoms with E-state index in [1.54, 1.807) is 6.20 Å². The lowest BCUT2D eigenvalue weighted by molar-refractivity contribution is 0.414. The van der Waals surface area contributed by atoms with E-state index in [2.05, 4.69) is 63.2 Å². The molecule has 0 spiro atoms. The van der Waals surface area contributed by atoms with Crippen LogP contribution >= 0.6 is 0 Å². The van der Waals surface area contributed by atoms with Crippen molar-refractivity contribution in [3.8, 4) is 5.82 Å². The van der Waals surface area contributed by atoms with Gasteiger partial charge in [0, 0.05) is 24.5 Å². The second-order valence-electron chi connectivity index (χ2n) is 8.36. The van der Waals surface area contributed by atoms with Crippen LogP contribution in [0.2, 0.25) is 0 Å². The highest BCUT2D eigenvalue weighted by Crippen LogP contribution is 2.22. The Morgan fingerprint density at radius 3 is 2.84 bits per heavy atom. The van der Waals surface area contributed by atoms with Gasteiger partial charge in [-0.3, -0.25) is 4.57 Å². The number of imidazole rings is 1. The van der Waals surface area contributed by atoms with E-state index in [1.165, 1.54) is 24.8 Å². The number of aromatic nitrogens is 4. The van der Waals surface area contributed by atoms with Crippen LogP contribution in [0.15, 0.2) is 67.1 Å². The summed E-state index contributed by atoms with van der Waals surface area (Å²) in [5, 5.41) is 10.5. The normalized spacial score (nSPS) is 17.2. The monoisotopic (exact) mass is 427 g/mol. The molecule has 1 aliphatic heterocycles. The van der Waals surface area contributed by atoms with Gasteiger partial charge in [0.25, 0.3) is 0 Å². The second kappa shape index (κ2) is 9.36. The number of fused-ring (bicyclic) bond motifs is 1. The summed E-state index contributed by atoms with van der Waals surface area (Å²) in [5.74, 6) is 1.39. The van der Waals surface area contributed by atoms with Crippen molar-refractivity contribution in [2.45, 2.75) is 38.3 Å². The standard InChI is InChI=1S/C25H29N7/c1-18(19-7-3-2-4-8-19)30-25-27-14-12-24(31-25)32-17-29-22-15-20(10-11-23(22)32)28-16-21-9-5-6-13-26-21/h2-4,7-8,10-12,14-15,17-18,21,26,28H,5-6,9,13,16H2,1H3,(H,27,30,31)/t18-,21+/m0/s1. The van der Waals surface area contributed by atoms with Crippen LogP contribution in [-0.2, 0) is 0 Å². The first-order chi connectivity index (χ1) is 15.8. The molecule has 0 radical (unpaired) electrons. The van der Waals surface area contributed by atoms with Gasteiger partial charge in [-0.25, -0.2) is 9.97 Å². The van der Waals surface area contributed by atoms with Gasteiger partial charge in [-0.05, 0) is 56.1 Å². The maximum absolute atomic E-state index is 4.73. The SMILES string of the molecule is C[C@H](Nc1nccc(-n2cnc3cc(NC[C@H]4CCCCN4)ccc32)n1)c1ccccc1. The summed E-state index contributed by atoms with van der Waals surface area (Å²) in [6.07, 6.45) is 7.43. The smallest absolute Gasteiger partial charge is 0.225 e. The summed E-state index contributed by atoms with van der Waals surface area (Å²) in [6.45, 7) is 4.16. The molecule has 164 valence electrons. The number of piperidine rings is 1. The molecule has 0 bridgehead atoms. The van der Waals surface area contributed by atoms with E-state index in [9.17, 15) is 0 Å². The van der Waals surface area contributed by atoms with Crippen LogP contribution in [0.4, 0.5) is 11.6 Å². The lowest BCUT2D eigenvalue weighted by atomic mass is 10.1. The summed E-state index contributed by atoms with van der Waals surface area (Å²) in [6, 6.07) is 19.2. The lowest BCUT2D eigenvalue weighted by Gasteiger charge is -2.24. The molecule has 3 heterocycles. The van der Waals surface area contributed by atoms with Crippen molar-refractivity contribution < 1.29 is 0 Å². The Labute approximate surface area is 188 Å². The van der Waals surface area contributed by atoms with Gasteiger partial charge in [0.15, 0.2) is 0 Å². The van der Waals surface area contributed by atoms with Crippen molar-refractivity contribution >= 4 is 22.7 Å². The Morgan fingerprint density at radius 1 is 1.09 bits per heavy atom. The fourth-order valence-electron chi connectivity index (χ4n) is 4.22. The highest BCUT2D eigenvalue weighted by Gasteiger charge is 2.13. The summed E-state index contributed by atoms with van der Waals surface area (Å²) >= 11 is 0. The van der Waals surface area contributed by atoms with Gasteiger partial charge in [-0.1, -0.05) is 36.8 Å². The van der Waals surface area contributed by atoms with E-state index in [4.69, 9.17) is 4.98 Å². The number of benzene rings is 2. The zero-order valence-electron chi connectivity index (χ0n) is 18.3. The molecule has 5 rings (SSSR count). The van der Waals surface area contributed by atoms with Crippen LogP contribution in [0.5, 0.6) is 0 Å². The molecule has 0 aliphatic carbocycles. The van der Waals surface area contributed by atoms with Gasteiger partial charge in [-0.15, -0.1) is 0 Å². The number of rotatable bonds is 7. The highest BCUT2D eigenvalue weighted by molar-refractivity contribution is 5.81. The minimum atomic E-state index is 0.110. The number of hydrogen-bond acceptors (Lipinski definition) is 6. The molecule has 7 nitrogen and oxygen atoms in total. The Morgan fingerprint density at radius 2 is 2.00 bits per heavy atom. The molecule has 2 atom stereocenters. The van der Waals surface area contributed by atoms with Crippen LogP contribution in [0.1, 0.15) is 37.8 Å². The largest absolute Gasteiger partial charge is 0.383 e. The number of anilines is 2. The van der Waals surface area contributed by atoms with Gasteiger partial charge in [-0.2, -0.15) is 4.98 Å². The van der Waals surface area contributed by atoms with Crippen molar-refractivity contribution in [1.82, 2.24) is 24.8 Å². The molecule has 3 N–H and O–H groups in total. The van der Waals surface area contributed by atoms with E-state index < -0.39 is 0 Å². The number of nitrogens with zero attached hydrogens (tertiary/aromatic N) is 4. The summed E-state index contributed by atoms with van der Waals surface area (Å²) < 4.78 is 2.00. The molecule has 7 heteroatoms. The van der Waals surface area contributed by atoms with Crippen LogP contribution in [0, 0.1) is 0 Å². The Hall–Kier alpha value is -3.45. The number of hydrogen-bond donors (Lipinski definition) is 3. The lowest BCUT2D eigenvalue weighted by Crippen LogP contribution is -2.39. The van der Waals surface area contributed by atoms with Crippen LogP contribution in [0.25, 0.3) is 16.9 Å². The zero-order valence-corrected chi connectivity index (χ0v) is 18.3. The molecule has 1 fully saturated rings. The molecule has 0 saturated carbocycles. The summed E-state index contributed by atoms with van der Waals surface area (Å²) in [7, 11) is 0. The van der Waals surface area contributed by atoms with Gasteiger partial charge in [0.1, 0.15) is 12.1 Å². The van der Waals surface area contributed by atoms with Gasteiger partial charge in [0.2, 0.25) is 5.95 Å². The van der Waals surface area contributed by atoms with Crippen molar-refractivity contribution in [3.05, 3.63) is 72.7 Å². The van der Waals surface area contributed by atoms with E-state index in [0.29, 0.717) is 12.0 Å². The summed E-state index contributed by atoms with van der Waals surface area (Å²) in [5.41, 5.74) is 4.25. The maximum Gasteiger partial charge on any atom is 0.225 e. The average Bonchev–Trinajstić information content (AvgIpc) is 3.27. The molecule has 1 aliphatic rings. The zero-order chi connectivity index (χ0) is 21.8. The van der Waals surface area contributed by atoms with Crippen LogP contribution in [0.3, 0.4) is 0 Å². The first-order valence-electron chi connectivity index (χ1n) is 11.4. The number of nitrogens with one attached hydrogen (secondary N) is 3. The molecule has 32 heavy (non-hydrogen) atoms. The van der Waals surface area contributed by atoms with Crippen molar-refractivity contribution in [1.29, 1.82) is 0 Å². The van der Waals surface area contributed by atoms with Crippen LogP contribution < -0.4 is 16.0 Å². The molecule has 2 aromatic carbocycles. The minimum absolute atomic E-state index is 0.110. The quantitative estimate of drug-likeness (QED) is 0.402. The van der Waals surface area contributed by atoms with Crippen molar-refractivity contribution in [3.63, 3.8) is 0 Å². The Kier molecular flexibility index (Phi) is 5.98. The second-order valence-corrected chi connectivity index (χ2v) is 8.36. The van der Waals surface area contributed by atoms with E-state index >= 15 is 0 Å². The molecule has 0 amide bonds. The molecule has 4 aromatic rings. The van der Waals surface area contributed by atoms with E-state index in [0.717, 1.165) is 35.6 Å². The van der Waals surface area contributed by atoms with Gasteiger partial charge >= 0.3 is 0 Å². The average molecular weight is 428 g/mol. The highest BCUT2D eigenvalue weighted by atomic mass is 15.2. The Bertz CT molecular complexity index is 1170. The third-order valence-corrected chi connectivity index (χ3v) is 6.05. The Balaban J connectivity index is 1.31. The predicted octanol–water partition coefficient (Wildman–Crippen LogP) is 4.54. The fourth-order valence-corrected chi connectivity index (χ4v) is 4.22. The van der Waals surface area contributed by atoms with Gasteiger partial charge < -0.3 is 16.0 Å². The molecule has 1 saturated heterocycles. The molecule has 0 unspecified atom stereocenters. The summed E-state index contributed by atoms with van der Waals surface area (Å²) in [4.78, 5) is 13.7. The van der Waals surface area contributed by atoms with Crippen molar-refractivity contribution in [2.24, 2.45) is 0 Å². The first-order valence-corrected chi connectivity index (χ1v) is 11.4. The minimum Gasteiger partial charge on any atom is -0.383 e. The third kappa shape index (κ3) is 4.57. The maximum atomic E-state index is 4.73. The van der Waals surface area contributed by atoms with Gasteiger partial charge in [0.05, 0.1) is 17.1 Å². The van der Waals surface area contributed by atoms with E-state index in [-0.39, 0.29) is 6.04 Å². The molecular weight excluding hydrogens is 398 g/mol. The topological polar surface area (TPSA) is 79.7 Å². The molecular formula is C25H29N7. The van der Waals surface area contributed by atoms with Crippen LogP contribution in [-0.4, -0.2) is 38.7 Å². The third-order valence-electron chi connectivity index (χ3n) is 6.05. The predicted molar refractivity (Wildman–Crippen MR) is 129 cm³/mol.